The predicted octanol–water partition coefficient (Wildman–Crippen LogP) is 2.93. The second-order valence-corrected chi connectivity index (χ2v) is 5.02. The predicted molar refractivity (Wildman–Crippen MR) is 86.4 cm³/mol. The third-order valence-corrected chi connectivity index (χ3v) is 3.35. The molecule has 0 radical (unpaired) electrons. The van der Waals surface area contributed by atoms with Crippen LogP contribution in [0.25, 0.3) is 5.65 Å². The van der Waals surface area contributed by atoms with Crippen molar-refractivity contribution in [1.82, 2.24) is 14.7 Å². The zero-order valence-corrected chi connectivity index (χ0v) is 12.0. The summed E-state index contributed by atoms with van der Waals surface area (Å²) in [5.41, 5.74) is 3.26. The number of anilines is 1. The molecule has 0 aliphatic carbocycles. The molecule has 0 atom stereocenters. The van der Waals surface area contributed by atoms with Crippen LogP contribution in [-0.2, 0) is 6.54 Å². The minimum Gasteiger partial charge on any atom is -0.385 e. The summed E-state index contributed by atoms with van der Waals surface area (Å²) in [6.45, 7) is 2.77. The van der Waals surface area contributed by atoms with E-state index >= 15 is 0 Å². The number of benzene rings is 1. The molecule has 0 aliphatic rings. The van der Waals surface area contributed by atoms with Gasteiger partial charge in [0.15, 0.2) is 0 Å². The lowest BCUT2D eigenvalue weighted by Gasteiger charge is -2.06. The van der Waals surface area contributed by atoms with Crippen molar-refractivity contribution in [3.8, 4) is 0 Å². The number of pyridine rings is 1. The van der Waals surface area contributed by atoms with Gasteiger partial charge < -0.3 is 15.0 Å². The zero-order chi connectivity index (χ0) is 14.3. The Morgan fingerprint density at radius 2 is 1.81 bits per heavy atom. The average molecular weight is 280 g/mol. The van der Waals surface area contributed by atoms with E-state index in [2.05, 4.69) is 33.9 Å². The van der Waals surface area contributed by atoms with Gasteiger partial charge in [0.2, 0.25) is 0 Å². The van der Waals surface area contributed by atoms with E-state index in [0.29, 0.717) is 0 Å². The Kier molecular flexibility index (Phi) is 4.49. The molecule has 0 unspecified atom stereocenters. The lowest BCUT2D eigenvalue weighted by molar-refractivity contribution is 0.655. The fraction of sp³-hybridized carbons (Fsp3) is 0.235. The number of nitrogens with one attached hydrogen (secondary N) is 2. The van der Waals surface area contributed by atoms with Crippen LogP contribution in [0, 0.1) is 0 Å². The SMILES string of the molecule is c1ccc(NCCCNCc2cn3ccccc3n2)cc1. The Hall–Kier alpha value is -2.33. The number of para-hydroxylation sites is 1. The molecule has 21 heavy (non-hydrogen) atoms. The first-order valence-electron chi connectivity index (χ1n) is 7.34. The van der Waals surface area contributed by atoms with Crippen molar-refractivity contribution in [2.75, 3.05) is 18.4 Å². The number of aromatic nitrogens is 2. The fourth-order valence-corrected chi connectivity index (χ4v) is 2.29. The number of fused-ring (bicyclic) bond motifs is 1. The van der Waals surface area contributed by atoms with Gasteiger partial charge >= 0.3 is 0 Å². The van der Waals surface area contributed by atoms with E-state index in [0.717, 1.165) is 37.4 Å². The van der Waals surface area contributed by atoms with Gasteiger partial charge in [0, 0.05) is 31.2 Å². The Balaban J connectivity index is 1.36. The smallest absolute Gasteiger partial charge is 0.137 e. The molecule has 0 saturated carbocycles. The number of imidazole rings is 1. The van der Waals surface area contributed by atoms with Gasteiger partial charge in [-0.15, -0.1) is 0 Å². The van der Waals surface area contributed by atoms with Gasteiger partial charge in [0.25, 0.3) is 0 Å². The van der Waals surface area contributed by atoms with Crippen LogP contribution in [0.15, 0.2) is 60.9 Å². The van der Waals surface area contributed by atoms with Crippen molar-refractivity contribution in [2.24, 2.45) is 0 Å². The molecule has 0 spiro atoms. The molecule has 0 saturated heterocycles. The molecule has 0 bridgehead atoms. The zero-order valence-electron chi connectivity index (χ0n) is 12.0. The van der Waals surface area contributed by atoms with Gasteiger partial charge in [0.1, 0.15) is 5.65 Å². The molecule has 0 aliphatic heterocycles. The molecular weight excluding hydrogens is 260 g/mol. The molecule has 108 valence electrons. The van der Waals surface area contributed by atoms with Gasteiger partial charge in [-0.3, -0.25) is 0 Å². The molecule has 3 aromatic rings. The summed E-state index contributed by atoms with van der Waals surface area (Å²) in [5.74, 6) is 0. The van der Waals surface area contributed by atoms with Crippen LogP contribution in [0.2, 0.25) is 0 Å². The second kappa shape index (κ2) is 6.90. The normalized spacial score (nSPS) is 10.9. The number of rotatable bonds is 7. The highest BCUT2D eigenvalue weighted by Crippen LogP contribution is 2.05. The summed E-state index contributed by atoms with van der Waals surface area (Å²) in [7, 11) is 0. The van der Waals surface area contributed by atoms with E-state index in [9.17, 15) is 0 Å². The monoisotopic (exact) mass is 280 g/mol. The molecule has 2 aromatic heterocycles. The maximum Gasteiger partial charge on any atom is 0.137 e. The molecule has 2 heterocycles. The summed E-state index contributed by atoms with van der Waals surface area (Å²) in [4.78, 5) is 4.56. The maximum absolute atomic E-state index is 4.56. The van der Waals surface area contributed by atoms with Crippen LogP contribution < -0.4 is 10.6 Å². The summed E-state index contributed by atoms with van der Waals surface area (Å²) < 4.78 is 2.05. The van der Waals surface area contributed by atoms with Crippen molar-refractivity contribution in [2.45, 2.75) is 13.0 Å². The maximum atomic E-state index is 4.56. The third kappa shape index (κ3) is 3.83. The Bertz CT molecular complexity index is 642. The second-order valence-electron chi connectivity index (χ2n) is 5.02. The first-order chi connectivity index (χ1) is 10.4. The largest absolute Gasteiger partial charge is 0.385 e. The van der Waals surface area contributed by atoms with E-state index in [1.54, 1.807) is 0 Å². The topological polar surface area (TPSA) is 41.4 Å². The molecule has 4 nitrogen and oxygen atoms in total. The quantitative estimate of drug-likeness (QED) is 0.654. The van der Waals surface area contributed by atoms with Crippen LogP contribution in [0.5, 0.6) is 0 Å². The van der Waals surface area contributed by atoms with Crippen molar-refractivity contribution < 1.29 is 0 Å². The number of hydrogen-bond donors (Lipinski definition) is 2. The summed E-state index contributed by atoms with van der Waals surface area (Å²) in [6, 6.07) is 16.3. The van der Waals surface area contributed by atoms with Crippen LogP contribution in [0.4, 0.5) is 5.69 Å². The number of hydrogen-bond acceptors (Lipinski definition) is 3. The van der Waals surface area contributed by atoms with Crippen molar-refractivity contribution in [1.29, 1.82) is 0 Å². The van der Waals surface area contributed by atoms with Gasteiger partial charge in [-0.25, -0.2) is 4.98 Å². The molecule has 1 aromatic carbocycles. The standard InChI is InChI=1S/C17H20N4/c1-2-7-15(8-3-1)19-11-6-10-18-13-16-14-21-12-5-4-9-17(21)20-16/h1-5,7-9,12,14,18-19H,6,10-11,13H2. The van der Waals surface area contributed by atoms with Crippen molar-refractivity contribution in [3.05, 3.63) is 66.6 Å². The third-order valence-electron chi connectivity index (χ3n) is 3.35. The first kappa shape index (κ1) is 13.6. The minimum atomic E-state index is 0.813. The lowest BCUT2D eigenvalue weighted by atomic mass is 10.3. The van der Waals surface area contributed by atoms with E-state index in [1.165, 1.54) is 5.69 Å². The van der Waals surface area contributed by atoms with Crippen molar-refractivity contribution in [3.63, 3.8) is 0 Å². The average Bonchev–Trinajstić information content (AvgIpc) is 2.94. The highest BCUT2D eigenvalue weighted by molar-refractivity contribution is 5.42. The molecule has 0 amide bonds. The Morgan fingerprint density at radius 3 is 2.67 bits per heavy atom. The summed E-state index contributed by atoms with van der Waals surface area (Å²) in [6.07, 6.45) is 5.18. The molecular formula is C17H20N4. The highest BCUT2D eigenvalue weighted by atomic mass is 15.0. The van der Waals surface area contributed by atoms with E-state index < -0.39 is 0 Å². The molecule has 4 heteroatoms. The fourth-order valence-electron chi connectivity index (χ4n) is 2.29. The van der Waals surface area contributed by atoms with Gasteiger partial charge in [-0.2, -0.15) is 0 Å². The highest BCUT2D eigenvalue weighted by Gasteiger charge is 1.99. The molecule has 2 N–H and O–H groups in total. The van der Waals surface area contributed by atoms with Crippen LogP contribution in [0.3, 0.4) is 0 Å². The van der Waals surface area contributed by atoms with Gasteiger partial charge in [-0.1, -0.05) is 24.3 Å². The van der Waals surface area contributed by atoms with Gasteiger partial charge in [0.05, 0.1) is 5.69 Å². The molecule has 3 rings (SSSR count). The Morgan fingerprint density at radius 1 is 0.952 bits per heavy atom. The van der Waals surface area contributed by atoms with E-state index in [4.69, 9.17) is 0 Å². The number of nitrogens with zero attached hydrogens (tertiary/aromatic N) is 2. The first-order valence-corrected chi connectivity index (χ1v) is 7.34. The summed E-state index contributed by atoms with van der Waals surface area (Å²) in [5, 5.41) is 6.84. The Labute approximate surface area is 124 Å². The van der Waals surface area contributed by atoms with Crippen LogP contribution in [0.1, 0.15) is 12.1 Å². The van der Waals surface area contributed by atoms with Gasteiger partial charge in [-0.05, 0) is 37.2 Å². The van der Waals surface area contributed by atoms with Crippen molar-refractivity contribution >= 4 is 11.3 Å². The van der Waals surface area contributed by atoms with Crippen LogP contribution in [-0.4, -0.2) is 22.5 Å². The molecule has 0 fully saturated rings. The summed E-state index contributed by atoms with van der Waals surface area (Å²) >= 11 is 0. The van der Waals surface area contributed by atoms with Crippen LogP contribution >= 0.6 is 0 Å². The minimum absolute atomic E-state index is 0.813. The van der Waals surface area contributed by atoms with E-state index in [-0.39, 0.29) is 0 Å². The lowest BCUT2D eigenvalue weighted by Crippen LogP contribution is -2.17. The van der Waals surface area contributed by atoms with E-state index in [1.807, 2.05) is 47.0 Å².